The standard InChI is InChI=1S/C14H14N2O3/c1-2-18-14(17)13(11-5-3-7-15-9-11)19-12-6-4-8-16-10-12/h3-10,13H,2H2,1H3. The molecule has 0 aliphatic carbocycles. The molecular formula is C14H14N2O3. The summed E-state index contributed by atoms with van der Waals surface area (Å²) in [5, 5.41) is 0. The predicted octanol–water partition coefficient (Wildman–Crippen LogP) is 2.16. The van der Waals surface area contributed by atoms with Crippen LogP contribution in [0, 0.1) is 0 Å². The highest BCUT2D eigenvalue weighted by Gasteiger charge is 2.24. The van der Waals surface area contributed by atoms with Crippen molar-refractivity contribution in [1.82, 2.24) is 9.97 Å². The normalized spacial score (nSPS) is 11.6. The lowest BCUT2D eigenvalue weighted by atomic mass is 10.1. The maximum absolute atomic E-state index is 12.0. The second kappa shape index (κ2) is 6.49. The van der Waals surface area contributed by atoms with E-state index in [1.807, 2.05) is 0 Å². The van der Waals surface area contributed by atoms with E-state index in [2.05, 4.69) is 9.97 Å². The van der Waals surface area contributed by atoms with Gasteiger partial charge in [0.15, 0.2) is 0 Å². The Morgan fingerprint density at radius 2 is 1.95 bits per heavy atom. The van der Waals surface area contributed by atoms with Crippen LogP contribution in [0.2, 0.25) is 0 Å². The van der Waals surface area contributed by atoms with Crippen molar-refractivity contribution in [1.29, 1.82) is 0 Å². The number of aromatic nitrogens is 2. The highest BCUT2D eigenvalue weighted by atomic mass is 16.6. The summed E-state index contributed by atoms with van der Waals surface area (Å²) in [6.07, 6.45) is 5.56. The smallest absolute Gasteiger partial charge is 0.352 e. The molecule has 0 amide bonds. The van der Waals surface area contributed by atoms with Gasteiger partial charge in [0, 0.05) is 24.2 Å². The van der Waals surface area contributed by atoms with E-state index in [9.17, 15) is 4.79 Å². The topological polar surface area (TPSA) is 61.3 Å². The Bertz CT molecular complexity index is 517. The third kappa shape index (κ3) is 3.51. The first-order valence-electron chi connectivity index (χ1n) is 5.94. The van der Waals surface area contributed by atoms with Crippen molar-refractivity contribution < 1.29 is 14.3 Å². The summed E-state index contributed by atoms with van der Waals surface area (Å²) in [7, 11) is 0. The van der Waals surface area contributed by atoms with Gasteiger partial charge in [-0.1, -0.05) is 6.07 Å². The molecule has 2 rings (SSSR count). The summed E-state index contributed by atoms with van der Waals surface area (Å²) in [6.45, 7) is 2.05. The Kier molecular flexibility index (Phi) is 4.44. The maximum Gasteiger partial charge on any atom is 0.352 e. The Morgan fingerprint density at radius 1 is 1.21 bits per heavy atom. The van der Waals surface area contributed by atoms with Crippen LogP contribution in [0.25, 0.3) is 0 Å². The Hall–Kier alpha value is -2.43. The molecule has 0 aliphatic heterocycles. The molecule has 0 fully saturated rings. The molecule has 0 N–H and O–H groups in total. The second-order valence-corrected chi connectivity index (χ2v) is 3.73. The minimum Gasteiger partial charge on any atom is -0.472 e. The van der Waals surface area contributed by atoms with E-state index in [-0.39, 0.29) is 0 Å². The largest absolute Gasteiger partial charge is 0.472 e. The lowest BCUT2D eigenvalue weighted by molar-refractivity contribution is -0.151. The molecule has 1 unspecified atom stereocenters. The molecular weight excluding hydrogens is 244 g/mol. The fraction of sp³-hybridized carbons (Fsp3) is 0.214. The van der Waals surface area contributed by atoms with E-state index >= 15 is 0 Å². The van der Waals surface area contributed by atoms with Gasteiger partial charge in [-0.05, 0) is 25.1 Å². The average molecular weight is 258 g/mol. The van der Waals surface area contributed by atoms with Gasteiger partial charge >= 0.3 is 5.97 Å². The van der Waals surface area contributed by atoms with Crippen molar-refractivity contribution in [3.05, 3.63) is 54.6 Å². The zero-order chi connectivity index (χ0) is 13.5. The van der Waals surface area contributed by atoms with Gasteiger partial charge in [-0.15, -0.1) is 0 Å². The Labute approximate surface area is 111 Å². The summed E-state index contributed by atoms with van der Waals surface area (Å²) in [4.78, 5) is 19.9. The zero-order valence-electron chi connectivity index (χ0n) is 10.5. The number of nitrogens with zero attached hydrogens (tertiary/aromatic N) is 2. The van der Waals surface area contributed by atoms with Crippen LogP contribution in [0.15, 0.2) is 49.1 Å². The second-order valence-electron chi connectivity index (χ2n) is 3.73. The summed E-state index contributed by atoms with van der Waals surface area (Å²) in [6, 6.07) is 6.98. The lowest BCUT2D eigenvalue weighted by Crippen LogP contribution is -2.21. The SMILES string of the molecule is CCOC(=O)C(Oc1cccnc1)c1cccnc1. The molecule has 0 saturated heterocycles. The molecule has 0 aliphatic rings. The molecule has 19 heavy (non-hydrogen) atoms. The molecule has 0 bridgehead atoms. The van der Waals surface area contributed by atoms with Gasteiger partial charge in [-0.25, -0.2) is 4.79 Å². The average Bonchev–Trinajstić information content (AvgIpc) is 2.47. The highest BCUT2D eigenvalue weighted by molar-refractivity contribution is 5.76. The molecule has 1 atom stereocenters. The molecule has 5 heteroatoms. The minimum absolute atomic E-state index is 0.298. The van der Waals surface area contributed by atoms with Crippen molar-refractivity contribution in [2.45, 2.75) is 13.0 Å². The molecule has 0 aromatic carbocycles. The number of esters is 1. The van der Waals surface area contributed by atoms with Gasteiger partial charge in [0.2, 0.25) is 6.10 Å². The molecule has 2 aromatic heterocycles. The Morgan fingerprint density at radius 3 is 2.53 bits per heavy atom. The Balaban J connectivity index is 2.22. The zero-order valence-corrected chi connectivity index (χ0v) is 10.5. The lowest BCUT2D eigenvalue weighted by Gasteiger charge is -2.17. The number of hydrogen-bond donors (Lipinski definition) is 0. The third-order valence-electron chi connectivity index (χ3n) is 2.38. The van der Waals surface area contributed by atoms with Crippen molar-refractivity contribution >= 4 is 5.97 Å². The van der Waals surface area contributed by atoms with Crippen LogP contribution in [0.5, 0.6) is 5.75 Å². The first-order chi connectivity index (χ1) is 9.31. The van der Waals surface area contributed by atoms with Crippen molar-refractivity contribution in [3.63, 3.8) is 0 Å². The number of ether oxygens (including phenoxy) is 2. The van der Waals surface area contributed by atoms with E-state index in [0.29, 0.717) is 17.9 Å². The van der Waals surface area contributed by atoms with Crippen LogP contribution in [0.4, 0.5) is 0 Å². The van der Waals surface area contributed by atoms with Crippen molar-refractivity contribution in [2.75, 3.05) is 6.61 Å². The molecule has 98 valence electrons. The van der Waals surface area contributed by atoms with E-state index in [4.69, 9.17) is 9.47 Å². The van der Waals surface area contributed by atoms with Gasteiger partial charge in [-0.2, -0.15) is 0 Å². The molecule has 2 aromatic rings. The van der Waals surface area contributed by atoms with Crippen LogP contribution in [-0.2, 0) is 9.53 Å². The first kappa shape index (κ1) is 13.0. The van der Waals surface area contributed by atoms with E-state index < -0.39 is 12.1 Å². The van der Waals surface area contributed by atoms with Crippen molar-refractivity contribution in [3.8, 4) is 5.75 Å². The highest BCUT2D eigenvalue weighted by Crippen LogP contribution is 2.21. The van der Waals surface area contributed by atoms with Crippen LogP contribution in [0.3, 0.4) is 0 Å². The third-order valence-corrected chi connectivity index (χ3v) is 2.38. The number of hydrogen-bond acceptors (Lipinski definition) is 5. The van der Waals surface area contributed by atoms with Gasteiger partial charge in [0.1, 0.15) is 5.75 Å². The quantitative estimate of drug-likeness (QED) is 0.769. The molecule has 5 nitrogen and oxygen atoms in total. The van der Waals surface area contributed by atoms with Crippen molar-refractivity contribution in [2.24, 2.45) is 0 Å². The van der Waals surface area contributed by atoms with Gasteiger partial charge in [-0.3, -0.25) is 9.97 Å². The van der Waals surface area contributed by atoms with E-state index in [0.717, 1.165) is 0 Å². The predicted molar refractivity (Wildman–Crippen MR) is 68.5 cm³/mol. The summed E-state index contributed by atoms with van der Waals surface area (Å²) in [5.74, 6) is 0.0590. The van der Waals surface area contributed by atoms with E-state index in [1.54, 1.807) is 56.0 Å². The molecule has 0 spiro atoms. The fourth-order valence-corrected chi connectivity index (χ4v) is 1.55. The van der Waals surface area contributed by atoms with E-state index in [1.165, 1.54) is 0 Å². The number of carbonyl (C=O) groups excluding carboxylic acids is 1. The first-order valence-corrected chi connectivity index (χ1v) is 5.94. The summed E-state index contributed by atoms with van der Waals surface area (Å²) < 4.78 is 10.7. The van der Waals surface area contributed by atoms with Gasteiger partial charge in [0.25, 0.3) is 0 Å². The van der Waals surface area contributed by atoms with Crippen LogP contribution < -0.4 is 4.74 Å². The monoisotopic (exact) mass is 258 g/mol. The van der Waals surface area contributed by atoms with Crippen LogP contribution in [0.1, 0.15) is 18.6 Å². The van der Waals surface area contributed by atoms with Gasteiger partial charge < -0.3 is 9.47 Å². The molecule has 2 heterocycles. The minimum atomic E-state index is -0.835. The van der Waals surface area contributed by atoms with Gasteiger partial charge in [0.05, 0.1) is 12.8 Å². The van der Waals surface area contributed by atoms with Crippen LogP contribution in [-0.4, -0.2) is 22.5 Å². The molecule has 0 radical (unpaired) electrons. The number of rotatable bonds is 5. The summed E-state index contributed by atoms with van der Waals surface area (Å²) >= 11 is 0. The maximum atomic E-state index is 12.0. The van der Waals surface area contributed by atoms with Crippen LogP contribution >= 0.6 is 0 Å². The fourth-order valence-electron chi connectivity index (χ4n) is 1.55. The number of pyridine rings is 2. The molecule has 0 saturated carbocycles. The number of carbonyl (C=O) groups is 1. The summed E-state index contributed by atoms with van der Waals surface area (Å²) in [5.41, 5.74) is 0.643.